The molecule has 0 aromatic heterocycles. The zero-order valence-corrected chi connectivity index (χ0v) is 8.83. The van der Waals surface area contributed by atoms with Crippen molar-refractivity contribution in [2.75, 3.05) is 18.0 Å². The fourth-order valence-electron chi connectivity index (χ4n) is 1.79. The molecule has 0 atom stereocenters. The molecule has 1 fully saturated rings. The molecular formula is C11H10F3N3. The van der Waals surface area contributed by atoms with Gasteiger partial charge in [0.1, 0.15) is 6.07 Å². The lowest BCUT2D eigenvalue weighted by molar-refractivity contribution is -0.137. The lowest BCUT2D eigenvalue weighted by Crippen LogP contribution is -2.56. The van der Waals surface area contributed by atoms with Gasteiger partial charge in [0.2, 0.25) is 0 Å². The molecule has 1 aromatic rings. The van der Waals surface area contributed by atoms with E-state index in [1.54, 1.807) is 11.0 Å². The molecule has 1 saturated heterocycles. The molecule has 0 unspecified atom stereocenters. The van der Waals surface area contributed by atoms with E-state index >= 15 is 0 Å². The van der Waals surface area contributed by atoms with Crippen molar-refractivity contribution in [2.24, 2.45) is 5.73 Å². The normalized spacial score (nSPS) is 16.5. The minimum Gasteiger partial charge on any atom is -0.367 e. The number of hydrogen-bond acceptors (Lipinski definition) is 3. The van der Waals surface area contributed by atoms with Gasteiger partial charge in [0.15, 0.2) is 0 Å². The minimum absolute atomic E-state index is 0.0313. The third-order valence-corrected chi connectivity index (χ3v) is 2.69. The highest BCUT2D eigenvalue weighted by Crippen LogP contribution is 2.33. The van der Waals surface area contributed by atoms with Gasteiger partial charge in [0.25, 0.3) is 0 Å². The molecule has 0 saturated carbocycles. The highest BCUT2D eigenvalue weighted by molar-refractivity contribution is 5.62. The van der Waals surface area contributed by atoms with Crippen LogP contribution in [0.15, 0.2) is 18.2 Å². The second-order valence-corrected chi connectivity index (χ2v) is 4.01. The van der Waals surface area contributed by atoms with Gasteiger partial charge in [0.05, 0.1) is 16.8 Å². The van der Waals surface area contributed by atoms with E-state index in [1.165, 1.54) is 6.07 Å². The molecule has 3 nitrogen and oxygen atoms in total. The quantitative estimate of drug-likeness (QED) is 0.814. The lowest BCUT2D eigenvalue weighted by Gasteiger charge is -2.39. The number of nitrogens with two attached hydrogens (primary N) is 1. The van der Waals surface area contributed by atoms with Crippen LogP contribution >= 0.6 is 0 Å². The van der Waals surface area contributed by atoms with Crippen molar-refractivity contribution in [2.45, 2.75) is 12.2 Å². The highest BCUT2D eigenvalue weighted by atomic mass is 19.4. The van der Waals surface area contributed by atoms with Crippen LogP contribution in [0.5, 0.6) is 0 Å². The van der Waals surface area contributed by atoms with Crippen LogP contribution in [0.3, 0.4) is 0 Å². The molecule has 0 spiro atoms. The average molecular weight is 241 g/mol. The van der Waals surface area contributed by atoms with Gasteiger partial charge in [-0.25, -0.2) is 0 Å². The molecule has 0 aliphatic carbocycles. The van der Waals surface area contributed by atoms with E-state index in [-0.39, 0.29) is 11.6 Å². The van der Waals surface area contributed by atoms with Crippen LogP contribution in [0.2, 0.25) is 0 Å². The number of nitrogens with zero attached hydrogens (tertiary/aromatic N) is 2. The molecule has 0 amide bonds. The van der Waals surface area contributed by atoms with Crippen LogP contribution in [-0.2, 0) is 6.18 Å². The van der Waals surface area contributed by atoms with Gasteiger partial charge in [-0.15, -0.1) is 0 Å². The molecule has 90 valence electrons. The van der Waals surface area contributed by atoms with Gasteiger partial charge in [0, 0.05) is 19.1 Å². The van der Waals surface area contributed by atoms with E-state index < -0.39 is 11.7 Å². The van der Waals surface area contributed by atoms with Crippen molar-refractivity contribution in [1.82, 2.24) is 0 Å². The summed E-state index contributed by atoms with van der Waals surface area (Å²) in [5.41, 5.74) is 5.34. The van der Waals surface area contributed by atoms with Crippen molar-refractivity contribution in [1.29, 1.82) is 5.26 Å². The first-order valence-electron chi connectivity index (χ1n) is 5.03. The zero-order valence-electron chi connectivity index (χ0n) is 8.83. The fraction of sp³-hybridized carbons (Fsp3) is 0.364. The minimum atomic E-state index is -4.42. The maximum Gasteiger partial charge on any atom is 0.416 e. The Labute approximate surface area is 96.2 Å². The summed E-state index contributed by atoms with van der Waals surface area (Å²) in [6.45, 7) is 1.14. The maximum absolute atomic E-state index is 12.5. The molecule has 1 aromatic carbocycles. The smallest absolute Gasteiger partial charge is 0.367 e. The zero-order chi connectivity index (χ0) is 12.6. The Morgan fingerprint density at radius 3 is 2.47 bits per heavy atom. The topological polar surface area (TPSA) is 53.0 Å². The third-order valence-electron chi connectivity index (χ3n) is 2.69. The van der Waals surface area contributed by atoms with Gasteiger partial charge in [-0.3, -0.25) is 0 Å². The van der Waals surface area contributed by atoms with Crippen molar-refractivity contribution in [3.63, 3.8) is 0 Å². The molecular weight excluding hydrogens is 231 g/mol. The Bertz CT molecular complexity index is 470. The number of halogens is 3. The van der Waals surface area contributed by atoms with E-state index in [1.807, 2.05) is 0 Å². The second-order valence-electron chi connectivity index (χ2n) is 4.01. The number of anilines is 1. The Kier molecular flexibility index (Phi) is 2.71. The molecule has 1 aliphatic heterocycles. The number of alkyl halides is 3. The van der Waals surface area contributed by atoms with Crippen LogP contribution in [0, 0.1) is 11.3 Å². The number of rotatable bonds is 1. The van der Waals surface area contributed by atoms with Crippen molar-refractivity contribution in [3.05, 3.63) is 29.3 Å². The van der Waals surface area contributed by atoms with Gasteiger partial charge < -0.3 is 10.6 Å². The number of benzene rings is 1. The SMILES string of the molecule is N#Cc1cc(C(F)(F)F)ccc1N1CC(N)C1. The van der Waals surface area contributed by atoms with Crippen LogP contribution in [-0.4, -0.2) is 19.1 Å². The molecule has 1 aliphatic rings. The van der Waals surface area contributed by atoms with E-state index in [4.69, 9.17) is 11.0 Å². The van der Waals surface area contributed by atoms with E-state index in [0.29, 0.717) is 18.8 Å². The van der Waals surface area contributed by atoms with Crippen molar-refractivity contribution >= 4 is 5.69 Å². The van der Waals surface area contributed by atoms with E-state index in [9.17, 15) is 13.2 Å². The molecule has 17 heavy (non-hydrogen) atoms. The van der Waals surface area contributed by atoms with Gasteiger partial charge in [-0.1, -0.05) is 0 Å². The lowest BCUT2D eigenvalue weighted by atomic mass is 10.0. The Morgan fingerprint density at radius 2 is 2.00 bits per heavy atom. The summed E-state index contributed by atoms with van der Waals surface area (Å²) in [6, 6.07) is 5.01. The second kappa shape index (κ2) is 3.93. The Balaban J connectivity index is 2.34. The summed E-state index contributed by atoms with van der Waals surface area (Å²) in [6.07, 6.45) is -4.42. The summed E-state index contributed by atoms with van der Waals surface area (Å²) in [7, 11) is 0. The summed E-state index contributed by atoms with van der Waals surface area (Å²) < 4.78 is 37.4. The number of hydrogen-bond donors (Lipinski definition) is 1. The van der Waals surface area contributed by atoms with Gasteiger partial charge in [-0.05, 0) is 18.2 Å². The Hall–Kier alpha value is -1.74. The van der Waals surface area contributed by atoms with Gasteiger partial charge >= 0.3 is 6.18 Å². The molecule has 6 heteroatoms. The molecule has 2 N–H and O–H groups in total. The van der Waals surface area contributed by atoms with E-state index in [0.717, 1.165) is 12.1 Å². The summed E-state index contributed by atoms with van der Waals surface area (Å²) >= 11 is 0. The highest BCUT2D eigenvalue weighted by Gasteiger charge is 2.32. The molecule has 1 heterocycles. The fourth-order valence-corrected chi connectivity index (χ4v) is 1.79. The molecule has 2 rings (SSSR count). The third kappa shape index (κ3) is 2.19. The summed E-state index contributed by atoms with van der Waals surface area (Å²) in [5, 5.41) is 8.87. The summed E-state index contributed by atoms with van der Waals surface area (Å²) in [5.74, 6) is 0. The first-order valence-corrected chi connectivity index (χ1v) is 5.03. The van der Waals surface area contributed by atoms with Gasteiger partial charge in [-0.2, -0.15) is 18.4 Å². The van der Waals surface area contributed by atoms with Crippen LogP contribution in [0.4, 0.5) is 18.9 Å². The van der Waals surface area contributed by atoms with Crippen LogP contribution in [0.25, 0.3) is 0 Å². The first-order chi connectivity index (χ1) is 7.91. The first kappa shape index (κ1) is 11.7. The average Bonchev–Trinajstić information content (AvgIpc) is 2.23. The van der Waals surface area contributed by atoms with Crippen molar-refractivity contribution in [3.8, 4) is 6.07 Å². The molecule has 0 radical (unpaired) electrons. The Morgan fingerprint density at radius 1 is 1.35 bits per heavy atom. The predicted octanol–water partition coefficient (Wildman–Crippen LogP) is 1.72. The standard InChI is InChI=1S/C11H10F3N3/c12-11(13,14)8-1-2-10(7(3-8)4-15)17-5-9(16)6-17/h1-3,9H,5-6,16H2. The largest absolute Gasteiger partial charge is 0.416 e. The van der Waals surface area contributed by atoms with Crippen LogP contribution in [0.1, 0.15) is 11.1 Å². The number of nitriles is 1. The van der Waals surface area contributed by atoms with Crippen molar-refractivity contribution < 1.29 is 13.2 Å². The van der Waals surface area contributed by atoms with Crippen LogP contribution < -0.4 is 10.6 Å². The van der Waals surface area contributed by atoms with E-state index in [2.05, 4.69) is 0 Å². The predicted molar refractivity (Wildman–Crippen MR) is 56.3 cm³/mol. The molecule has 0 bridgehead atoms. The monoisotopic (exact) mass is 241 g/mol. The maximum atomic E-state index is 12.5. The summed E-state index contributed by atoms with van der Waals surface area (Å²) in [4.78, 5) is 1.80.